The van der Waals surface area contributed by atoms with E-state index in [-0.39, 0.29) is 0 Å². The monoisotopic (exact) mass is 303 g/mol. The molecule has 0 spiro atoms. The third kappa shape index (κ3) is 2.50. The first kappa shape index (κ1) is 12.1. The number of aromatic nitrogens is 1. The molecule has 1 fully saturated rings. The fourth-order valence-corrected chi connectivity index (χ4v) is 2.88. The van der Waals surface area contributed by atoms with E-state index in [1.54, 1.807) is 6.20 Å². The summed E-state index contributed by atoms with van der Waals surface area (Å²) in [4.78, 5) is 6.62. The highest BCUT2D eigenvalue weighted by Gasteiger charge is 2.25. The molecule has 2 N–H and O–H groups in total. The maximum absolute atomic E-state index is 6.20. The Morgan fingerprint density at radius 1 is 1.62 bits per heavy atom. The van der Waals surface area contributed by atoms with Crippen LogP contribution in [-0.4, -0.2) is 23.6 Å². The molecule has 0 aliphatic carbocycles. The molecule has 2 heterocycles. The molecule has 0 saturated carbocycles. The Labute approximate surface area is 109 Å². The molecule has 0 amide bonds. The summed E-state index contributed by atoms with van der Waals surface area (Å²) in [5, 5.41) is 0.691. The molecule has 1 aromatic rings. The second-order valence-electron chi connectivity index (χ2n) is 4.29. The summed E-state index contributed by atoms with van der Waals surface area (Å²) in [6.07, 6.45) is 3.77. The smallest absolute Gasteiger partial charge is 0.147 e. The van der Waals surface area contributed by atoms with E-state index in [4.69, 9.17) is 17.3 Å². The molecule has 1 aliphatic rings. The number of hydrogen-bond acceptors (Lipinski definition) is 3. The Morgan fingerprint density at radius 3 is 3.00 bits per heavy atom. The SMILES string of the molecule is CC1CC(N)CCN1c1ncc(Br)cc1Cl. The number of anilines is 1. The normalized spacial score (nSPS) is 25.9. The molecule has 1 saturated heterocycles. The van der Waals surface area contributed by atoms with Crippen molar-refractivity contribution in [3.05, 3.63) is 21.8 Å². The van der Waals surface area contributed by atoms with Gasteiger partial charge in [-0.15, -0.1) is 0 Å². The summed E-state index contributed by atoms with van der Waals surface area (Å²) in [5.41, 5.74) is 5.94. The van der Waals surface area contributed by atoms with Crippen LogP contribution in [0.25, 0.3) is 0 Å². The van der Waals surface area contributed by atoms with Gasteiger partial charge >= 0.3 is 0 Å². The van der Waals surface area contributed by atoms with Crippen molar-refractivity contribution in [2.24, 2.45) is 5.73 Å². The standard InChI is InChI=1S/C11H15BrClN3/c1-7-4-9(14)2-3-16(7)11-10(13)5-8(12)6-15-11/h5-7,9H,2-4,14H2,1H3. The Morgan fingerprint density at radius 2 is 2.38 bits per heavy atom. The van der Waals surface area contributed by atoms with Gasteiger partial charge in [0.05, 0.1) is 5.02 Å². The molecule has 2 unspecified atom stereocenters. The lowest BCUT2D eigenvalue weighted by molar-refractivity contribution is 0.427. The van der Waals surface area contributed by atoms with Crippen LogP contribution >= 0.6 is 27.5 Å². The van der Waals surface area contributed by atoms with Gasteiger partial charge in [0.25, 0.3) is 0 Å². The van der Waals surface area contributed by atoms with E-state index in [2.05, 4.69) is 32.7 Å². The van der Waals surface area contributed by atoms with E-state index >= 15 is 0 Å². The first-order valence-electron chi connectivity index (χ1n) is 5.41. The second-order valence-corrected chi connectivity index (χ2v) is 5.61. The van der Waals surface area contributed by atoms with Gasteiger partial charge in [-0.25, -0.2) is 4.98 Å². The van der Waals surface area contributed by atoms with Crippen LogP contribution in [0.5, 0.6) is 0 Å². The summed E-state index contributed by atoms with van der Waals surface area (Å²) < 4.78 is 0.905. The minimum Gasteiger partial charge on any atom is -0.353 e. The Kier molecular flexibility index (Phi) is 3.72. The van der Waals surface area contributed by atoms with Crippen molar-refractivity contribution in [3.8, 4) is 0 Å². The van der Waals surface area contributed by atoms with Gasteiger partial charge in [-0.2, -0.15) is 0 Å². The van der Waals surface area contributed by atoms with Gasteiger partial charge in [-0.05, 0) is 41.8 Å². The van der Waals surface area contributed by atoms with Crippen molar-refractivity contribution < 1.29 is 0 Å². The van der Waals surface area contributed by atoms with Gasteiger partial charge in [0.2, 0.25) is 0 Å². The highest BCUT2D eigenvalue weighted by Crippen LogP contribution is 2.30. The Bertz CT molecular complexity index is 385. The molecule has 16 heavy (non-hydrogen) atoms. The summed E-state index contributed by atoms with van der Waals surface area (Å²) >= 11 is 9.56. The van der Waals surface area contributed by atoms with E-state index in [1.807, 2.05) is 6.07 Å². The van der Waals surface area contributed by atoms with E-state index in [0.717, 1.165) is 29.7 Å². The van der Waals surface area contributed by atoms with Gasteiger partial charge in [-0.1, -0.05) is 11.6 Å². The number of nitrogens with zero attached hydrogens (tertiary/aromatic N) is 2. The summed E-state index contributed by atoms with van der Waals surface area (Å²) in [7, 11) is 0. The Balaban J connectivity index is 2.23. The van der Waals surface area contributed by atoms with Crippen molar-refractivity contribution in [3.63, 3.8) is 0 Å². The fourth-order valence-electron chi connectivity index (χ4n) is 2.14. The lowest BCUT2D eigenvalue weighted by Gasteiger charge is -2.37. The van der Waals surface area contributed by atoms with E-state index in [9.17, 15) is 0 Å². The first-order valence-corrected chi connectivity index (χ1v) is 6.58. The molecule has 1 aromatic heterocycles. The zero-order valence-corrected chi connectivity index (χ0v) is 11.5. The zero-order chi connectivity index (χ0) is 11.7. The van der Waals surface area contributed by atoms with Crippen LogP contribution in [-0.2, 0) is 0 Å². The predicted molar refractivity (Wildman–Crippen MR) is 71.0 cm³/mol. The van der Waals surface area contributed by atoms with Crippen LogP contribution < -0.4 is 10.6 Å². The van der Waals surface area contributed by atoms with Crippen LogP contribution in [0, 0.1) is 0 Å². The van der Waals surface area contributed by atoms with Crippen molar-refractivity contribution in [1.29, 1.82) is 0 Å². The molecule has 0 radical (unpaired) electrons. The van der Waals surface area contributed by atoms with E-state index < -0.39 is 0 Å². The highest BCUT2D eigenvalue weighted by atomic mass is 79.9. The topological polar surface area (TPSA) is 42.1 Å². The third-order valence-corrected chi connectivity index (χ3v) is 3.69. The van der Waals surface area contributed by atoms with E-state index in [1.165, 1.54) is 0 Å². The maximum Gasteiger partial charge on any atom is 0.147 e. The van der Waals surface area contributed by atoms with Crippen molar-refractivity contribution in [2.75, 3.05) is 11.4 Å². The number of hydrogen-bond donors (Lipinski definition) is 1. The van der Waals surface area contributed by atoms with Crippen molar-refractivity contribution in [1.82, 2.24) is 4.98 Å². The third-order valence-electron chi connectivity index (χ3n) is 2.98. The molecule has 1 aliphatic heterocycles. The number of rotatable bonds is 1. The van der Waals surface area contributed by atoms with Crippen LogP contribution in [0.3, 0.4) is 0 Å². The molecule has 0 bridgehead atoms. The lowest BCUT2D eigenvalue weighted by Crippen LogP contribution is -2.46. The first-order chi connectivity index (χ1) is 7.58. The van der Waals surface area contributed by atoms with Crippen LogP contribution in [0.2, 0.25) is 5.02 Å². The van der Waals surface area contributed by atoms with Crippen molar-refractivity contribution in [2.45, 2.75) is 31.8 Å². The van der Waals surface area contributed by atoms with Gasteiger partial charge in [0.1, 0.15) is 5.82 Å². The van der Waals surface area contributed by atoms with Gasteiger partial charge in [0.15, 0.2) is 0 Å². The van der Waals surface area contributed by atoms with Gasteiger partial charge < -0.3 is 10.6 Å². The van der Waals surface area contributed by atoms with Crippen LogP contribution in [0.1, 0.15) is 19.8 Å². The zero-order valence-electron chi connectivity index (χ0n) is 9.16. The molecule has 0 aromatic carbocycles. The molecular formula is C11H15BrClN3. The molecule has 2 atom stereocenters. The van der Waals surface area contributed by atoms with Crippen LogP contribution in [0.4, 0.5) is 5.82 Å². The summed E-state index contributed by atoms with van der Waals surface area (Å²) in [6.45, 7) is 3.09. The summed E-state index contributed by atoms with van der Waals surface area (Å²) in [5.74, 6) is 0.865. The van der Waals surface area contributed by atoms with Crippen molar-refractivity contribution >= 4 is 33.3 Å². The number of pyridine rings is 1. The average molecular weight is 305 g/mol. The molecule has 2 rings (SSSR count). The molecular weight excluding hydrogens is 289 g/mol. The highest BCUT2D eigenvalue weighted by molar-refractivity contribution is 9.10. The fraction of sp³-hybridized carbons (Fsp3) is 0.545. The number of nitrogens with two attached hydrogens (primary N) is 1. The minimum absolute atomic E-state index is 0.306. The van der Waals surface area contributed by atoms with Crippen LogP contribution in [0.15, 0.2) is 16.7 Å². The lowest BCUT2D eigenvalue weighted by atomic mass is 9.99. The quantitative estimate of drug-likeness (QED) is 0.867. The number of piperidine rings is 1. The largest absolute Gasteiger partial charge is 0.353 e. The Hall–Kier alpha value is -0.320. The van der Waals surface area contributed by atoms with E-state index in [0.29, 0.717) is 17.1 Å². The molecule has 88 valence electrons. The minimum atomic E-state index is 0.306. The average Bonchev–Trinajstić information content (AvgIpc) is 2.19. The maximum atomic E-state index is 6.20. The van der Waals surface area contributed by atoms with Gasteiger partial charge in [-0.3, -0.25) is 0 Å². The molecule has 5 heteroatoms. The predicted octanol–water partition coefficient (Wildman–Crippen LogP) is 2.81. The molecule has 3 nitrogen and oxygen atoms in total. The summed E-state index contributed by atoms with van der Waals surface area (Å²) in [6, 6.07) is 2.58. The second kappa shape index (κ2) is 4.90. The van der Waals surface area contributed by atoms with Gasteiger partial charge in [0, 0.05) is 29.3 Å². The number of halogens is 2.